The molecule has 0 spiro atoms. The Bertz CT molecular complexity index is 562. The number of fused-ring (bicyclic) bond motifs is 1. The lowest BCUT2D eigenvalue weighted by molar-refractivity contribution is 0.880. The standard InChI is InChI=1S/C12H14N4S/c1-7-14-8(6-17-7)5-11-15-10-4-2-3-9(10)12(13)16-11/h6H,2-5H2,1H3,(H2,13,15,16). The van der Waals surface area contributed by atoms with Crippen molar-refractivity contribution in [2.75, 3.05) is 5.73 Å². The second-order valence-corrected chi connectivity index (χ2v) is 5.40. The van der Waals surface area contributed by atoms with E-state index in [1.807, 2.05) is 6.92 Å². The first-order valence-corrected chi connectivity index (χ1v) is 6.65. The third-order valence-corrected chi connectivity index (χ3v) is 3.84. The number of nitrogen functional groups attached to an aromatic ring is 1. The fraction of sp³-hybridized carbons (Fsp3) is 0.417. The Hall–Kier alpha value is -1.49. The van der Waals surface area contributed by atoms with E-state index in [0.717, 1.165) is 47.0 Å². The topological polar surface area (TPSA) is 64.7 Å². The lowest BCUT2D eigenvalue weighted by atomic mass is 10.2. The summed E-state index contributed by atoms with van der Waals surface area (Å²) in [5.74, 6) is 1.46. The van der Waals surface area contributed by atoms with Gasteiger partial charge in [-0.15, -0.1) is 11.3 Å². The summed E-state index contributed by atoms with van der Waals surface area (Å²) in [6.45, 7) is 2.01. The van der Waals surface area contributed by atoms with Gasteiger partial charge in [-0.3, -0.25) is 0 Å². The average Bonchev–Trinajstić information content (AvgIpc) is 2.87. The maximum Gasteiger partial charge on any atom is 0.136 e. The quantitative estimate of drug-likeness (QED) is 0.879. The minimum absolute atomic E-state index is 0.662. The summed E-state index contributed by atoms with van der Waals surface area (Å²) in [5, 5.41) is 3.14. The van der Waals surface area contributed by atoms with Crippen LogP contribution in [0.15, 0.2) is 5.38 Å². The normalized spacial score (nSPS) is 13.9. The molecule has 0 saturated heterocycles. The Morgan fingerprint density at radius 1 is 1.29 bits per heavy atom. The van der Waals surface area contributed by atoms with E-state index >= 15 is 0 Å². The summed E-state index contributed by atoms with van der Waals surface area (Å²) in [7, 11) is 0. The number of anilines is 1. The lowest BCUT2D eigenvalue weighted by Gasteiger charge is -2.05. The zero-order chi connectivity index (χ0) is 11.8. The molecular formula is C12H14N4S. The van der Waals surface area contributed by atoms with E-state index in [0.29, 0.717) is 12.2 Å². The Morgan fingerprint density at radius 3 is 2.94 bits per heavy atom. The lowest BCUT2D eigenvalue weighted by Crippen LogP contribution is -2.06. The van der Waals surface area contributed by atoms with E-state index < -0.39 is 0 Å². The van der Waals surface area contributed by atoms with E-state index in [1.165, 1.54) is 0 Å². The molecule has 0 radical (unpaired) electrons. The number of nitrogens with two attached hydrogens (primary N) is 1. The van der Waals surface area contributed by atoms with Crippen molar-refractivity contribution in [3.8, 4) is 0 Å². The summed E-state index contributed by atoms with van der Waals surface area (Å²) in [5.41, 5.74) is 9.29. The fourth-order valence-corrected chi connectivity index (χ4v) is 2.86. The molecule has 0 fully saturated rings. The smallest absolute Gasteiger partial charge is 0.136 e. The summed E-state index contributed by atoms with van der Waals surface area (Å²) in [4.78, 5) is 13.4. The Labute approximate surface area is 104 Å². The van der Waals surface area contributed by atoms with Crippen molar-refractivity contribution in [1.82, 2.24) is 15.0 Å². The number of thiazole rings is 1. The maximum atomic E-state index is 5.96. The Morgan fingerprint density at radius 2 is 2.18 bits per heavy atom. The predicted octanol–water partition coefficient (Wildman–Crippen LogP) is 1.90. The third-order valence-electron chi connectivity index (χ3n) is 3.02. The predicted molar refractivity (Wildman–Crippen MR) is 68.1 cm³/mol. The molecule has 2 N–H and O–H groups in total. The van der Waals surface area contributed by atoms with E-state index in [1.54, 1.807) is 11.3 Å². The second kappa shape index (κ2) is 4.07. The second-order valence-electron chi connectivity index (χ2n) is 4.34. The molecule has 1 aliphatic rings. The van der Waals surface area contributed by atoms with Crippen molar-refractivity contribution in [2.45, 2.75) is 32.6 Å². The van der Waals surface area contributed by atoms with Gasteiger partial charge in [0, 0.05) is 16.6 Å². The highest BCUT2D eigenvalue weighted by molar-refractivity contribution is 7.09. The number of nitrogens with zero attached hydrogens (tertiary/aromatic N) is 3. The largest absolute Gasteiger partial charge is 0.383 e. The summed E-state index contributed by atoms with van der Waals surface area (Å²) >= 11 is 1.66. The number of aryl methyl sites for hydroxylation is 2. The molecule has 5 heteroatoms. The van der Waals surface area contributed by atoms with Crippen LogP contribution in [0, 0.1) is 6.92 Å². The average molecular weight is 246 g/mol. The molecule has 4 nitrogen and oxygen atoms in total. The van der Waals surface area contributed by atoms with Crippen molar-refractivity contribution in [3.05, 3.63) is 33.2 Å². The molecule has 1 aliphatic carbocycles. The van der Waals surface area contributed by atoms with Gasteiger partial charge in [0.15, 0.2) is 0 Å². The van der Waals surface area contributed by atoms with Crippen LogP contribution in [0.1, 0.15) is 34.2 Å². The molecule has 0 bridgehead atoms. The first kappa shape index (κ1) is 10.7. The van der Waals surface area contributed by atoms with Crippen molar-refractivity contribution >= 4 is 17.2 Å². The van der Waals surface area contributed by atoms with Gasteiger partial charge in [0.1, 0.15) is 11.6 Å². The highest BCUT2D eigenvalue weighted by Crippen LogP contribution is 2.24. The van der Waals surface area contributed by atoms with Crippen LogP contribution >= 0.6 is 11.3 Å². The summed E-state index contributed by atoms with van der Waals surface area (Å²) in [6.07, 6.45) is 3.89. The van der Waals surface area contributed by atoms with Crippen LogP contribution in [0.5, 0.6) is 0 Å². The molecule has 0 amide bonds. The molecular weight excluding hydrogens is 232 g/mol. The van der Waals surface area contributed by atoms with Gasteiger partial charge in [0.25, 0.3) is 0 Å². The van der Waals surface area contributed by atoms with Crippen molar-refractivity contribution in [3.63, 3.8) is 0 Å². The van der Waals surface area contributed by atoms with E-state index in [-0.39, 0.29) is 0 Å². The van der Waals surface area contributed by atoms with Crippen molar-refractivity contribution < 1.29 is 0 Å². The first-order chi connectivity index (χ1) is 8.22. The maximum absolute atomic E-state index is 5.96. The highest BCUT2D eigenvalue weighted by atomic mass is 32.1. The number of hydrogen-bond acceptors (Lipinski definition) is 5. The van der Waals surface area contributed by atoms with Gasteiger partial charge >= 0.3 is 0 Å². The number of aromatic nitrogens is 3. The van der Waals surface area contributed by atoms with Crippen LogP contribution in [-0.4, -0.2) is 15.0 Å². The third kappa shape index (κ3) is 2.02. The summed E-state index contributed by atoms with van der Waals surface area (Å²) in [6, 6.07) is 0. The minimum Gasteiger partial charge on any atom is -0.383 e. The monoisotopic (exact) mass is 246 g/mol. The van der Waals surface area contributed by atoms with Gasteiger partial charge in [-0.2, -0.15) is 0 Å². The Kier molecular flexibility index (Phi) is 2.55. The first-order valence-electron chi connectivity index (χ1n) is 5.77. The van der Waals surface area contributed by atoms with Crippen LogP contribution in [0.2, 0.25) is 0 Å². The van der Waals surface area contributed by atoms with Gasteiger partial charge in [0.2, 0.25) is 0 Å². The molecule has 17 heavy (non-hydrogen) atoms. The van der Waals surface area contributed by atoms with Crippen molar-refractivity contribution in [1.29, 1.82) is 0 Å². The highest BCUT2D eigenvalue weighted by Gasteiger charge is 2.17. The molecule has 0 atom stereocenters. The fourth-order valence-electron chi connectivity index (χ4n) is 2.24. The molecule has 0 saturated carbocycles. The molecule has 2 aromatic heterocycles. The number of hydrogen-bond donors (Lipinski definition) is 1. The van der Waals surface area contributed by atoms with Crippen LogP contribution < -0.4 is 5.73 Å². The van der Waals surface area contributed by atoms with Gasteiger partial charge < -0.3 is 5.73 Å². The van der Waals surface area contributed by atoms with E-state index in [2.05, 4.69) is 20.3 Å². The van der Waals surface area contributed by atoms with E-state index in [4.69, 9.17) is 5.73 Å². The van der Waals surface area contributed by atoms with Crippen molar-refractivity contribution in [2.24, 2.45) is 0 Å². The SMILES string of the molecule is Cc1nc(Cc2nc(N)c3c(n2)CCC3)cs1. The molecule has 0 aliphatic heterocycles. The van der Waals surface area contributed by atoms with Gasteiger partial charge in [-0.25, -0.2) is 15.0 Å². The summed E-state index contributed by atoms with van der Waals surface area (Å²) < 4.78 is 0. The Balaban J connectivity index is 1.91. The number of rotatable bonds is 2. The molecule has 0 unspecified atom stereocenters. The molecule has 88 valence electrons. The minimum atomic E-state index is 0.662. The molecule has 3 rings (SSSR count). The van der Waals surface area contributed by atoms with Crippen LogP contribution in [0.25, 0.3) is 0 Å². The zero-order valence-electron chi connectivity index (χ0n) is 9.73. The van der Waals surface area contributed by atoms with Crippen LogP contribution in [0.4, 0.5) is 5.82 Å². The molecule has 2 heterocycles. The van der Waals surface area contributed by atoms with Crippen LogP contribution in [-0.2, 0) is 19.3 Å². The van der Waals surface area contributed by atoms with Gasteiger partial charge in [-0.1, -0.05) is 0 Å². The van der Waals surface area contributed by atoms with Crippen LogP contribution in [0.3, 0.4) is 0 Å². The molecule has 2 aromatic rings. The van der Waals surface area contributed by atoms with E-state index in [9.17, 15) is 0 Å². The molecule has 0 aromatic carbocycles. The zero-order valence-corrected chi connectivity index (χ0v) is 10.5. The van der Waals surface area contributed by atoms with Gasteiger partial charge in [0.05, 0.1) is 17.1 Å². The van der Waals surface area contributed by atoms with Gasteiger partial charge in [-0.05, 0) is 26.2 Å².